The number of ether oxygens (including phenoxy) is 1. The molecular weight excluding hydrogens is 254 g/mol. The van der Waals surface area contributed by atoms with Crippen molar-refractivity contribution in [1.82, 2.24) is 13.7 Å². The molecule has 0 unspecified atom stereocenters. The molecular formula is C11H15N3O3S. The molecule has 0 aliphatic rings. The number of hydrogen-bond acceptors (Lipinski definition) is 4. The number of hydrogen-bond donors (Lipinski definition) is 0. The Morgan fingerprint density at radius 1 is 1.33 bits per heavy atom. The zero-order valence-corrected chi connectivity index (χ0v) is 11.5. The molecule has 0 atom stereocenters. The molecule has 98 valence electrons. The van der Waals surface area contributed by atoms with Crippen LogP contribution in [0, 0.1) is 6.92 Å². The summed E-state index contributed by atoms with van der Waals surface area (Å²) in [4.78, 5) is 4.14. The standard InChI is InChI=1S/C11H15N3O3S/c1-8-12-11(18(15,16)13(2)3)9-6-5-7-10(17-4)14(8)9/h5-7H,1-4H3. The summed E-state index contributed by atoms with van der Waals surface area (Å²) in [5, 5.41) is 0.0453. The van der Waals surface area contributed by atoms with Crippen LogP contribution in [-0.2, 0) is 10.0 Å². The summed E-state index contributed by atoms with van der Waals surface area (Å²) in [6.45, 7) is 1.74. The summed E-state index contributed by atoms with van der Waals surface area (Å²) < 4.78 is 32.4. The van der Waals surface area contributed by atoms with E-state index in [2.05, 4.69) is 4.98 Å². The normalized spacial score (nSPS) is 12.3. The van der Waals surface area contributed by atoms with E-state index >= 15 is 0 Å². The van der Waals surface area contributed by atoms with Crippen molar-refractivity contribution in [2.24, 2.45) is 0 Å². The van der Waals surface area contributed by atoms with Crippen molar-refractivity contribution in [2.45, 2.75) is 11.9 Å². The molecule has 0 bridgehead atoms. The Morgan fingerprint density at radius 3 is 2.56 bits per heavy atom. The van der Waals surface area contributed by atoms with Crippen LogP contribution < -0.4 is 4.74 Å². The van der Waals surface area contributed by atoms with E-state index in [0.29, 0.717) is 17.2 Å². The van der Waals surface area contributed by atoms with Crippen LogP contribution in [0.15, 0.2) is 23.2 Å². The third-order valence-corrected chi connectivity index (χ3v) is 4.44. The third kappa shape index (κ3) is 1.75. The predicted octanol–water partition coefficient (Wildman–Crippen LogP) is 0.902. The van der Waals surface area contributed by atoms with Gasteiger partial charge >= 0.3 is 0 Å². The topological polar surface area (TPSA) is 63.9 Å². The Labute approximate surface area is 106 Å². The molecule has 6 nitrogen and oxygen atoms in total. The quantitative estimate of drug-likeness (QED) is 0.830. The lowest BCUT2D eigenvalue weighted by Crippen LogP contribution is -2.22. The van der Waals surface area contributed by atoms with E-state index in [9.17, 15) is 8.42 Å². The molecule has 2 heterocycles. The van der Waals surface area contributed by atoms with E-state index in [0.717, 1.165) is 4.31 Å². The molecule has 0 amide bonds. The minimum atomic E-state index is -3.56. The summed E-state index contributed by atoms with van der Waals surface area (Å²) >= 11 is 0. The maximum Gasteiger partial charge on any atom is 0.262 e. The molecule has 0 aromatic carbocycles. The third-order valence-electron chi connectivity index (χ3n) is 2.69. The van der Waals surface area contributed by atoms with Crippen LogP contribution in [-0.4, -0.2) is 43.3 Å². The smallest absolute Gasteiger partial charge is 0.262 e. The van der Waals surface area contributed by atoms with Crippen molar-refractivity contribution in [1.29, 1.82) is 0 Å². The second-order valence-electron chi connectivity index (χ2n) is 4.04. The van der Waals surface area contributed by atoms with E-state index < -0.39 is 10.0 Å². The van der Waals surface area contributed by atoms with Crippen molar-refractivity contribution < 1.29 is 13.2 Å². The van der Waals surface area contributed by atoms with Gasteiger partial charge in [0, 0.05) is 14.1 Å². The van der Waals surface area contributed by atoms with Crippen LogP contribution in [0.1, 0.15) is 5.82 Å². The molecule has 0 aliphatic heterocycles. The van der Waals surface area contributed by atoms with Crippen molar-refractivity contribution in [3.63, 3.8) is 0 Å². The predicted molar refractivity (Wildman–Crippen MR) is 67.4 cm³/mol. The largest absolute Gasteiger partial charge is 0.482 e. The number of rotatable bonds is 3. The number of pyridine rings is 1. The van der Waals surface area contributed by atoms with Gasteiger partial charge in [0.25, 0.3) is 10.0 Å². The molecule has 7 heteroatoms. The van der Waals surface area contributed by atoms with E-state index in [1.807, 2.05) is 0 Å². The number of nitrogens with zero attached hydrogens (tertiary/aromatic N) is 3. The van der Waals surface area contributed by atoms with Crippen LogP contribution >= 0.6 is 0 Å². The van der Waals surface area contributed by atoms with Crippen molar-refractivity contribution in [3.05, 3.63) is 24.0 Å². The van der Waals surface area contributed by atoms with Crippen LogP contribution in [0.3, 0.4) is 0 Å². The van der Waals surface area contributed by atoms with Crippen LogP contribution in [0.25, 0.3) is 5.52 Å². The highest BCUT2D eigenvalue weighted by Gasteiger charge is 2.25. The molecule has 0 aliphatic carbocycles. The average Bonchev–Trinajstić information content (AvgIpc) is 2.67. The number of methoxy groups -OCH3 is 1. The van der Waals surface area contributed by atoms with Gasteiger partial charge in [0.2, 0.25) is 0 Å². The Kier molecular flexibility index (Phi) is 3.04. The Bertz CT molecular complexity index is 689. The van der Waals surface area contributed by atoms with E-state index in [-0.39, 0.29) is 5.03 Å². The first-order valence-corrected chi connectivity index (χ1v) is 6.78. The molecule has 2 rings (SSSR count). The van der Waals surface area contributed by atoms with Gasteiger partial charge in [-0.15, -0.1) is 0 Å². The van der Waals surface area contributed by atoms with E-state index in [4.69, 9.17) is 4.74 Å². The monoisotopic (exact) mass is 269 g/mol. The van der Waals surface area contributed by atoms with Gasteiger partial charge in [-0.25, -0.2) is 17.7 Å². The number of aromatic nitrogens is 2. The van der Waals surface area contributed by atoms with E-state index in [1.54, 1.807) is 29.5 Å². The lowest BCUT2D eigenvalue weighted by atomic mass is 10.4. The summed E-state index contributed by atoms with van der Waals surface area (Å²) in [6.07, 6.45) is 0. The van der Waals surface area contributed by atoms with Gasteiger partial charge in [-0.1, -0.05) is 6.07 Å². The van der Waals surface area contributed by atoms with Crippen LogP contribution in [0.4, 0.5) is 0 Å². The maximum atomic E-state index is 12.2. The molecule has 0 radical (unpaired) electrons. The van der Waals surface area contributed by atoms with Gasteiger partial charge in [0.1, 0.15) is 5.82 Å². The maximum absolute atomic E-state index is 12.2. The number of sulfonamides is 1. The summed E-state index contributed by atoms with van der Waals surface area (Å²) in [6, 6.07) is 5.20. The van der Waals surface area contributed by atoms with Gasteiger partial charge in [-0.05, 0) is 19.1 Å². The molecule has 2 aromatic heterocycles. The molecule has 0 N–H and O–H groups in total. The Balaban J connectivity index is 2.85. The lowest BCUT2D eigenvalue weighted by Gasteiger charge is -2.09. The molecule has 0 fully saturated rings. The van der Waals surface area contributed by atoms with Crippen molar-refractivity contribution >= 4 is 15.5 Å². The highest BCUT2D eigenvalue weighted by molar-refractivity contribution is 7.89. The van der Waals surface area contributed by atoms with Gasteiger partial charge in [0.05, 0.1) is 12.6 Å². The Morgan fingerprint density at radius 2 is 2.00 bits per heavy atom. The van der Waals surface area contributed by atoms with Crippen molar-refractivity contribution in [3.8, 4) is 5.88 Å². The minimum absolute atomic E-state index is 0.0453. The van der Waals surface area contributed by atoms with Gasteiger partial charge < -0.3 is 4.74 Å². The summed E-state index contributed by atoms with van der Waals surface area (Å²) in [5.41, 5.74) is 0.514. The molecule has 2 aromatic rings. The van der Waals surface area contributed by atoms with Gasteiger partial charge in [-0.3, -0.25) is 4.40 Å². The second kappa shape index (κ2) is 4.25. The SMILES string of the molecule is COc1cccc2c(S(=O)(=O)N(C)C)nc(C)n12. The molecule has 18 heavy (non-hydrogen) atoms. The summed E-state index contributed by atoms with van der Waals surface area (Å²) in [5.74, 6) is 1.13. The number of fused-ring (bicyclic) bond motifs is 1. The fourth-order valence-corrected chi connectivity index (χ4v) is 2.78. The second-order valence-corrected chi connectivity index (χ2v) is 6.11. The molecule has 0 saturated heterocycles. The number of imidazole rings is 1. The van der Waals surface area contributed by atoms with Gasteiger partial charge in [-0.2, -0.15) is 0 Å². The average molecular weight is 269 g/mol. The molecule has 0 saturated carbocycles. The first kappa shape index (κ1) is 12.8. The zero-order chi connectivity index (χ0) is 13.5. The highest BCUT2D eigenvalue weighted by atomic mass is 32.2. The Hall–Kier alpha value is -1.60. The minimum Gasteiger partial charge on any atom is -0.482 e. The van der Waals surface area contributed by atoms with Gasteiger partial charge in [0.15, 0.2) is 10.9 Å². The first-order valence-electron chi connectivity index (χ1n) is 5.34. The first-order chi connectivity index (χ1) is 8.39. The zero-order valence-electron chi connectivity index (χ0n) is 10.7. The van der Waals surface area contributed by atoms with Crippen LogP contribution in [0.2, 0.25) is 0 Å². The van der Waals surface area contributed by atoms with E-state index in [1.165, 1.54) is 21.2 Å². The molecule has 0 spiro atoms. The summed E-state index contributed by atoms with van der Waals surface area (Å²) in [7, 11) is 0.939. The van der Waals surface area contributed by atoms with Crippen LogP contribution in [0.5, 0.6) is 5.88 Å². The number of aryl methyl sites for hydroxylation is 1. The fourth-order valence-electron chi connectivity index (χ4n) is 1.77. The lowest BCUT2D eigenvalue weighted by molar-refractivity contribution is 0.391. The van der Waals surface area contributed by atoms with Crippen molar-refractivity contribution in [2.75, 3.05) is 21.2 Å². The highest BCUT2D eigenvalue weighted by Crippen LogP contribution is 2.24. The fraction of sp³-hybridized carbons (Fsp3) is 0.364.